The molecule has 0 aliphatic heterocycles. The Bertz CT molecular complexity index is 609. The Labute approximate surface area is 107 Å². The Hall–Kier alpha value is -2.90. The maximum absolute atomic E-state index is 11.9. The molecule has 0 fully saturated rings. The summed E-state index contributed by atoms with van der Waals surface area (Å²) < 4.78 is 4.89. The summed E-state index contributed by atoms with van der Waals surface area (Å²) in [7, 11) is 1.31. The number of methoxy groups -OCH3 is 1. The summed E-state index contributed by atoms with van der Waals surface area (Å²) in [6.45, 7) is 0. The van der Waals surface area contributed by atoms with Gasteiger partial charge in [0.2, 0.25) is 0 Å². The number of nitrogens with one attached hydrogen (secondary N) is 2. The van der Waals surface area contributed by atoms with E-state index in [1.54, 1.807) is 0 Å². The van der Waals surface area contributed by atoms with Crippen molar-refractivity contribution in [2.24, 2.45) is 0 Å². The van der Waals surface area contributed by atoms with Crippen LogP contribution in [0.5, 0.6) is 5.75 Å². The molecular formula is C11H10N4O4. The van der Waals surface area contributed by atoms with Gasteiger partial charge in [0.15, 0.2) is 5.75 Å². The first-order valence-corrected chi connectivity index (χ1v) is 5.24. The van der Waals surface area contributed by atoms with Crippen molar-refractivity contribution in [3.05, 3.63) is 46.3 Å². The zero-order valence-corrected chi connectivity index (χ0v) is 9.91. The van der Waals surface area contributed by atoms with Gasteiger partial charge < -0.3 is 10.1 Å². The highest BCUT2D eigenvalue weighted by molar-refractivity contribution is 6.04. The van der Waals surface area contributed by atoms with Crippen molar-refractivity contribution in [2.45, 2.75) is 0 Å². The van der Waals surface area contributed by atoms with Crippen molar-refractivity contribution in [3.8, 4) is 5.75 Å². The molecule has 0 aliphatic carbocycles. The first-order chi connectivity index (χ1) is 9.11. The molecule has 8 heteroatoms. The number of amides is 1. The van der Waals surface area contributed by atoms with E-state index in [2.05, 4.69) is 15.5 Å². The fourth-order valence-corrected chi connectivity index (χ4v) is 1.49. The second-order valence-electron chi connectivity index (χ2n) is 3.58. The van der Waals surface area contributed by atoms with Crippen LogP contribution in [0.25, 0.3) is 0 Å². The number of ether oxygens (including phenoxy) is 1. The average Bonchev–Trinajstić information content (AvgIpc) is 2.90. The summed E-state index contributed by atoms with van der Waals surface area (Å²) in [5.41, 5.74) is 0.563. The summed E-state index contributed by atoms with van der Waals surface area (Å²) in [5, 5.41) is 19.6. The number of anilines is 1. The van der Waals surface area contributed by atoms with Crippen LogP contribution in [-0.2, 0) is 0 Å². The molecule has 0 radical (unpaired) electrons. The van der Waals surface area contributed by atoms with E-state index in [1.165, 1.54) is 37.7 Å². The summed E-state index contributed by atoms with van der Waals surface area (Å²) >= 11 is 0. The monoisotopic (exact) mass is 262 g/mol. The Morgan fingerprint density at radius 1 is 1.53 bits per heavy atom. The predicted octanol–water partition coefficient (Wildman–Crippen LogP) is 1.58. The summed E-state index contributed by atoms with van der Waals surface area (Å²) in [5.74, 6) is -0.376. The fraction of sp³-hybridized carbons (Fsp3) is 0.0909. The molecule has 2 N–H and O–H groups in total. The van der Waals surface area contributed by atoms with Crippen LogP contribution >= 0.6 is 0 Å². The van der Waals surface area contributed by atoms with E-state index in [0.29, 0.717) is 5.69 Å². The minimum Gasteiger partial charge on any atom is -0.490 e. The van der Waals surface area contributed by atoms with Crippen LogP contribution < -0.4 is 10.1 Å². The number of nitrogens with zero attached hydrogens (tertiary/aromatic N) is 2. The standard InChI is InChI=1S/C11H10N4O4/c1-19-10-4-7(2-3-9(10)15(17)18)11(16)14-8-5-12-13-6-8/h2-6H,1H3,(H,12,13)(H,14,16). The molecule has 0 unspecified atom stereocenters. The number of hydrogen-bond donors (Lipinski definition) is 2. The van der Waals surface area contributed by atoms with Gasteiger partial charge in [-0.15, -0.1) is 0 Å². The van der Waals surface area contributed by atoms with Gasteiger partial charge in [-0.2, -0.15) is 5.10 Å². The normalized spacial score (nSPS) is 9.95. The number of carbonyl (C=O) groups is 1. The third-order valence-electron chi connectivity index (χ3n) is 2.39. The Morgan fingerprint density at radius 3 is 2.89 bits per heavy atom. The van der Waals surface area contributed by atoms with E-state index >= 15 is 0 Å². The maximum atomic E-state index is 11.9. The van der Waals surface area contributed by atoms with Crippen LogP contribution in [0.3, 0.4) is 0 Å². The Kier molecular flexibility index (Phi) is 3.42. The summed E-state index contributed by atoms with van der Waals surface area (Å²) in [6, 6.07) is 3.90. The molecule has 98 valence electrons. The Morgan fingerprint density at radius 2 is 2.32 bits per heavy atom. The Balaban J connectivity index is 2.25. The smallest absolute Gasteiger partial charge is 0.310 e. The van der Waals surface area contributed by atoms with Crippen molar-refractivity contribution in [2.75, 3.05) is 12.4 Å². The highest BCUT2D eigenvalue weighted by Crippen LogP contribution is 2.27. The van der Waals surface area contributed by atoms with E-state index in [4.69, 9.17) is 4.74 Å². The molecule has 0 saturated heterocycles. The zero-order valence-electron chi connectivity index (χ0n) is 9.91. The van der Waals surface area contributed by atoms with E-state index in [9.17, 15) is 14.9 Å². The van der Waals surface area contributed by atoms with Crippen molar-refractivity contribution in [3.63, 3.8) is 0 Å². The molecule has 0 spiro atoms. The molecule has 1 aromatic carbocycles. The zero-order chi connectivity index (χ0) is 13.8. The number of benzene rings is 1. The minimum absolute atomic E-state index is 0.0323. The van der Waals surface area contributed by atoms with Gasteiger partial charge in [0.1, 0.15) is 0 Å². The SMILES string of the molecule is COc1cc(C(=O)Nc2cn[nH]c2)ccc1[N+](=O)[O-]. The number of hydrogen-bond acceptors (Lipinski definition) is 5. The molecular weight excluding hydrogens is 252 g/mol. The van der Waals surface area contributed by atoms with E-state index in [-0.39, 0.29) is 17.0 Å². The van der Waals surface area contributed by atoms with Gasteiger partial charge in [-0.1, -0.05) is 0 Å². The first kappa shape index (κ1) is 12.6. The minimum atomic E-state index is -0.573. The van der Waals surface area contributed by atoms with Crippen LogP contribution in [0.2, 0.25) is 0 Å². The summed E-state index contributed by atoms with van der Waals surface area (Å²) in [4.78, 5) is 22.0. The topological polar surface area (TPSA) is 110 Å². The molecule has 0 aliphatic rings. The second kappa shape index (κ2) is 5.17. The number of rotatable bonds is 4. The van der Waals surface area contributed by atoms with Gasteiger partial charge in [-0.25, -0.2) is 0 Å². The molecule has 1 heterocycles. The number of carbonyl (C=O) groups excluding carboxylic acids is 1. The van der Waals surface area contributed by atoms with Crippen LogP contribution in [0.15, 0.2) is 30.6 Å². The second-order valence-corrected chi connectivity index (χ2v) is 3.58. The van der Waals surface area contributed by atoms with Gasteiger partial charge in [0, 0.05) is 23.9 Å². The lowest BCUT2D eigenvalue weighted by Crippen LogP contribution is -2.11. The molecule has 0 saturated carbocycles. The highest BCUT2D eigenvalue weighted by Gasteiger charge is 2.17. The van der Waals surface area contributed by atoms with E-state index in [0.717, 1.165) is 0 Å². The molecule has 2 aromatic rings. The molecule has 0 bridgehead atoms. The third-order valence-corrected chi connectivity index (χ3v) is 2.39. The number of H-pyrrole nitrogens is 1. The van der Waals surface area contributed by atoms with Crippen molar-refractivity contribution in [1.82, 2.24) is 10.2 Å². The predicted molar refractivity (Wildman–Crippen MR) is 66.2 cm³/mol. The molecule has 1 aromatic heterocycles. The number of aromatic nitrogens is 2. The largest absolute Gasteiger partial charge is 0.490 e. The quantitative estimate of drug-likeness (QED) is 0.642. The molecule has 1 amide bonds. The van der Waals surface area contributed by atoms with Gasteiger partial charge in [-0.05, 0) is 6.07 Å². The first-order valence-electron chi connectivity index (χ1n) is 5.24. The fourth-order valence-electron chi connectivity index (χ4n) is 1.49. The van der Waals surface area contributed by atoms with Crippen LogP contribution in [0.4, 0.5) is 11.4 Å². The van der Waals surface area contributed by atoms with E-state index < -0.39 is 10.8 Å². The van der Waals surface area contributed by atoms with Crippen LogP contribution in [0, 0.1) is 10.1 Å². The van der Waals surface area contributed by atoms with Crippen molar-refractivity contribution < 1.29 is 14.5 Å². The van der Waals surface area contributed by atoms with Gasteiger partial charge in [-0.3, -0.25) is 20.0 Å². The number of aromatic amines is 1. The molecule has 8 nitrogen and oxygen atoms in total. The van der Waals surface area contributed by atoms with Gasteiger partial charge >= 0.3 is 5.69 Å². The van der Waals surface area contributed by atoms with Crippen molar-refractivity contribution in [1.29, 1.82) is 0 Å². The third kappa shape index (κ3) is 2.68. The van der Waals surface area contributed by atoms with Crippen LogP contribution in [0.1, 0.15) is 10.4 Å². The lowest BCUT2D eigenvalue weighted by Gasteiger charge is -2.05. The van der Waals surface area contributed by atoms with Crippen molar-refractivity contribution >= 4 is 17.3 Å². The average molecular weight is 262 g/mol. The maximum Gasteiger partial charge on any atom is 0.310 e. The number of nitro groups is 1. The van der Waals surface area contributed by atoms with Gasteiger partial charge in [0.05, 0.1) is 23.9 Å². The van der Waals surface area contributed by atoms with Gasteiger partial charge in [0.25, 0.3) is 5.91 Å². The highest BCUT2D eigenvalue weighted by atomic mass is 16.6. The molecule has 2 rings (SSSR count). The summed E-state index contributed by atoms with van der Waals surface area (Å²) in [6.07, 6.45) is 2.96. The van der Waals surface area contributed by atoms with Crippen LogP contribution in [-0.4, -0.2) is 28.1 Å². The molecule has 0 atom stereocenters. The van der Waals surface area contributed by atoms with E-state index in [1.807, 2.05) is 0 Å². The molecule has 19 heavy (non-hydrogen) atoms. The number of nitro benzene ring substituents is 1. The lowest BCUT2D eigenvalue weighted by molar-refractivity contribution is -0.385. The lowest BCUT2D eigenvalue weighted by atomic mass is 10.1.